The molecule has 4 rings (SSSR count). The number of carbonyl (C=O) groups excluding carboxylic acids is 1. The second kappa shape index (κ2) is 11.2. The van der Waals surface area contributed by atoms with Gasteiger partial charge in [-0.25, -0.2) is 17.8 Å². The van der Waals surface area contributed by atoms with Crippen molar-refractivity contribution in [1.82, 2.24) is 19.8 Å². The van der Waals surface area contributed by atoms with Gasteiger partial charge in [-0.15, -0.1) is 0 Å². The van der Waals surface area contributed by atoms with Crippen LogP contribution in [-0.4, -0.2) is 43.9 Å². The summed E-state index contributed by atoms with van der Waals surface area (Å²) in [5.41, 5.74) is 1.88. The van der Waals surface area contributed by atoms with Crippen molar-refractivity contribution in [3.8, 4) is 17.2 Å². The fourth-order valence-electron chi connectivity index (χ4n) is 3.53. The molecular formula is C24H28N4O5S. The molecule has 180 valence electrons. The predicted octanol–water partition coefficient (Wildman–Crippen LogP) is 2.80. The highest BCUT2D eigenvalue weighted by Crippen LogP contribution is 2.32. The molecule has 2 aromatic carbocycles. The molecule has 1 aliphatic heterocycles. The number of fused-ring (bicyclic) bond motifs is 1. The van der Waals surface area contributed by atoms with Crippen LogP contribution in [0.4, 0.5) is 0 Å². The highest BCUT2D eigenvalue weighted by Gasteiger charge is 2.18. The zero-order chi connectivity index (χ0) is 23.8. The Morgan fingerprint density at radius 2 is 1.79 bits per heavy atom. The number of nitrogens with one attached hydrogen (secondary N) is 2. The van der Waals surface area contributed by atoms with E-state index in [1.807, 2.05) is 36.5 Å². The Morgan fingerprint density at radius 3 is 2.62 bits per heavy atom. The van der Waals surface area contributed by atoms with Gasteiger partial charge >= 0.3 is 0 Å². The molecule has 0 radical (unpaired) electrons. The lowest BCUT2D eigenvalue weighted by atomic mass is 10.2. The monoisotopic (exact) mass is 484 g/mol. The lowest BCUT2D eigenvalue weighted by Gasteiger charge is -2.18. The number of ether oxygens (including phenoxy) is 2. The molecule has 3 aromatic rings. The van der Waals surface area contributed by atoms with Gasteiger partial charge in [0.25, 0.3) is 0 Å². The number of nitrogens with zero attached hydrogens (tertiary/aromatic N) is 2. The summed E-state index contributed by atoms with van der Waals surface area (Å²) in [4.78, 5) is 12.3. The summed E-state index contributed by atoms with van der Waals surface area (Å²) >= 11 is 0. The second-order valence-corrected chi connectivity index (χ2v) is 9.69. The molecule has 10 heteroatoms. The molecule has 2 heterocycles. The van der Waals surface area contributed by atoms with Gasteiger partial charge in [-0.3, -0.25) is 4.79 Å². The van der Waals surface area contributed by atoms with E-state index in [1.165, 1.54) is 12.1 Å². The summed E-state index contributed by atoms with van der Waals surface area (Å²) in [7, 11) is -3.63. The van der Waals surface area contributed by atoms with E-state index in [-0.39, 0.29) is 10.8 Å². The maximum absolute atomic E-state index is 12.5. The third-order valence-electron chi connectivity index (χ3n) is 5.34. The van der Waals surface area contributed by atoms with E-state index in [0.29, 0.717) is 57.1 Å². The maximum Gasteiger partial charge on any atom is 0.240 e. The highest BCUT2D eigenvalue weighted by molar-refractivity contribution is 7.89. The topological polar surface area (TPSA) is 112 Å². The molecule has 1 amide bonds. The van der Waals surface area contributed by atoms with E-state index in [1.54, 1.807) is 16.9 Å². The molecule has 9 nitrogen and oxygen atoms in total. The highest BCUT2D eigenvalue weighted by atomic mass is 32.2. The molecule has 2 N–H and O–H groups in total. The number of aromatic nitrogens is 2. The number of benzene rings is 2. The quantitative estimate of drug-likeness (QED) is 0.405. The summed E-state index contributed by atoms with van der Waals surface area (Å²) in [6, 6.07) is 14.4. The minimum absolute atomic E-state index is 0.0377. The van der Waals surface area contributed by atoms with E-state index in [0.717, 1.165) is 17.7 Å². The van der Waals surface area contributed by atoms with Gasteiger partial charge in [0.2, 0.25) is 15.9 Å². The first-order chi connectivity index (χ1) is 16.5. The largest absolute Gasteiger partial charge is 0.486 e. The average Bonchev–Trinajstić information content (AvgIpc) is 3.34. The van der Waals surface area contributed by atoms with Crippen molar-refractivity contribution in [2.45, 2.75) is 37.1 Å². The first kappa shape index (κ1) is 23.8. The van der Waals surface area contributed by atoms with Crippen LogP contribution < -0.4 is 19.5 Å². The van der Waals surface area contributed by atoms with Gasteiger partial charge in [0, 0.05) is 37.3 Å². The molecule has 0 saturated carbocycles. The van der Waals surface area contributed by atoms with E-state index in [9.17, 15) is 13.2 Å². The summed E-state index contributed by atoms with van der Waals surface area (Å²) < 4.78 is 40.2. The van der Waals surface area contributed by atoms with Gasteiger partial charge in [-0.2, -0.15) is 5.10 Å². The predicted molar refractivity (Wildman–Crippen MR) is 126 cm³/mol. The van der Waals surface area contributed by atoms with Crippen LogP contribution in [0.2, 0.25) is 0 Å². The van der Waals surface area contributed by atoms with Crippen LogP contribution in [0.3, 0.4) is 0 Å². The first-order valence-corrected chi connectivity index (χ1v) is 12.7. The normalized spacial score (nSPS) is 12.9. The smallest absolute Gasteiger partial charge is 0.240 e. The van der Waals surface area contributed by atoms with Crippen molar-refractivity contribution in [2.24, 2.45) is 0 Å². The second-order valence-electron chi connectivity index (χ2n) is 7.92. The van der Waals surface area contributed by atoms with Crippen molar-refractivity contribution in [3.63, 3.8) is 0 Å². The number of unbranched alkanes of at least 4 members (excludes halogenated alkanes) is 2. The van der Waals surface area contributed by atoms with Crippen LogP contribution in [0.25, 0.3) is 5.69 Å². The summed E-state index contributed by atoms with van der Waals surface area (Å²) in [5, 5.41) is 7.22. The number of hydrogen-bond acceptors (Lipinski definition) is 6. The summed E-state index contributed by atoms with van der Waals surface area (Å²) in [6.07, 6.45) is 6.08. The van der Waals surface area contributed by atoms with E-state index < -0.39 is 10.0 Å². The number of rotatable bonds is 11. The maximum atomic E-state index is 12.5. The van der Waals surface area contributed by atoms with Crippen molar-refractivity contribution in [2.75, 3.05) is 19.8 Å². The van der Waals surface area contributed by atoms with Crippen LogP contribution >= 0.6 is 0 Å². The Balaban J connectivity index is 1.12. The standard InChI is InChI=1S/C24H28N4O5S/c29-24(25-16-19-17-26-28(18-19)20-7-3-1-4-8-20)9-5-2-6-12-27-34(30,31)21-10-11-22-23(15-21)33-14-13-32-22/h1,3-4,7-8,10-11,15,17-18,27H,2,5-6,9,12-14,16H2,(H,25,29). The fourth-order valence-corrected chi connectivity index (χ4v) is 4.62. The van der Waals surface area contributed by atoms with Gasteiger partial charge in [0.1, 0.15) is 13.2 Å². The lowest BCUT2D eigenvalue weighted by molar-refractivity contribution is -0.121. The SMILES string of the molecule is O=C(CCCCCNS(=O)(=O)c1ccc2c(c1)OCCO2)NCc1cnn(-c2ccccc2)c1. The fraction of sp³-hybridized carbons (Fsp3) is 0.333. The molecule has 0 atom stereocenters. The molecule has 34 heavy (non-hydrogen) atoms. The zero-order valence-corrected chi connectivity index (χ0v) is 19.6. The van der Waals surface area contributed by atoms with Gasteiger partial charge in [-0.05, 0) is 37.1 Å². The van der Waals surface area contributed by atoms with Gasteiger partial charge in [-0.1, -0.05) is 24.6 Å². The summed E-state index contributed by atoms with van der Waals surface area (Å²) in [5.74, 6) is 0.949. The number of sulfonamides is 1. The molecule has 0 saturated heterocycles. The number of para-hydroxylation sites is 1. The molecule has 1 aliphatic rings. The third kappa shape index (κ3) is 6.36. The van der Waals surface area contributed by atoms with Gasteiger partial charge in [0.05, 0.1) is 16.8 Å². The van der Waals surface area contributed by atoms with E-state index >= 15 is 0 Å². The lowest BCUT2D eigenvalue weighted by Crippen LogP contribution is -2.25. The van der Waals surface area contributed by atoms with Crippen LogP contribution in [-0.2, 0) is 21.4 Å². The molecule has 0 aliphatic carbocycles. The zero-order valence-electron chi connectivity index (χ0n) is 18.8. The average molecular weight is 485 g/mol. The molecule has 0 unspecified atom stereocenters. The van der Waals surface area contributed by atoms with Crippen molar-refractivity contribution >= 4 is 15.9 Å². The van der Waals surface area contributed by atoms with E-state index in [2.05, 4.69) is 15.1 Å². The Labute approximate surface area is 199 Å². The van der Waals surface area contributed by atoms with Crippen LogP contribution in [0, 0.1) is 0 Å². The van der Waals surface area contributed by atoms with Crippen LogP contribution in [0.15, 0.2) is 65.8 Å². The molecule has 0 bridgehead atoms. The summed E-state index contributed by atoms with van der Waals surface area (Å²) in [6.45, 7) is 1.57. The van der Waals surface area contributed by atoms with Crippen LogP contribution in [0.5, 0.6) is 11.5 Å². The Kier molecular flexibility index (Phi) is 7.81. The van der Waals surface area contributed by atoms with Gasteiger partial charge < -0.3 is 14.8 Å². The number of carbonyl (C=O) groups is 1. The molecule has 1 aromatic heterocycles. The molecule has 0 fully saturated rings. The minimum Gasteiger partial charge on any atom is -0.486 e. The van der Waals surface area contributed by atoms with Crippen molar-refractivity contribution < 1.29 is 22.7 Å². The third-order valence-corrected chi connectivity index (χ3v) is 6.80. The van der Waals surface area contributed by atoms with E-state index in [4.69, 9.17) is 9.47 Å². The number of hydrogen-bond donors (Lipinski definition) is 2. The first-order valence-electron chi connectivity index (χ1n) is 11.3. The van der Waals surface area contributed by atoms with Gasteiger partial charge in [0.15, 0.2) is 11.5 Å². The molecular weight excluding hydrogens is 456 g/mol. The number of amides is 1. The van der Waals surface area contributed by atoms with Crippen molar-refractivity contribution in [1.29, 1.82) is 0 Å². The van der Waals surface area contributed by atoms with Crippen molar-refractivity contribution in [3.05, 3.63) is 66.5 Å². The molecule has 0 spiro atoms. The Morgan fingerprint density at radius 1 is 1.00 bits per heavy atom. The van der Waals surface area contributed by atoms with Crippen LogP contribution in [0.1, 0.15) is 31.2 Å². The Hall–Kier alpha value is -3.37. The Bertz CT molecular complexity index is 1210. The minimum atomic E-state index is -3.63.